The third-order valence-electron chi connectivity index (χ3n) is 3.18. The summed E-state index contributed by atoms with van der Waals surface area (Å²) in [5.41, 5.74) is 5.89. The Bertz CT molecular complexity index is 585. The number of carbonyl (C=O) groups excluding carboxylic acids is 1. The molecule has 0 saturated carbocycles. The molecule has 6 nitrogen and oxygen atoms in total. The number of hydrogen-bond acceptors (Lipinski definition) is 5. The van der Waals surface area contributed by atoms with Gasteiger partial charge in [0.05, 0.1) is 12.8 Å². The highest BCUT2D eigenvalue weighted by atomic mass is 32.2. The summed E-state index contributed by atoms with van der Waals surface area (Å²) in [5.74, 6) is -0.532. The van der Waals surface area contributed by atoms with E-state index in [1.54, 1.807) is 12.1 Å². The van der Waals surface area contributed by atoms with Gasteiger partial charge in [-0.25, -0.2) is 8.42 Å². The number of ether oxygens (including phenoxy) is 1. The van der Waals surface area contributed by atoms with Crippen LogP contribution >= 0.6 is 0 Å². The fourth-order valence-corrected chi connectivity index (χ4v) is 4.01. The number of rotatable bonds is 3. The second kappa shape index (κ2) is 5.18. The zero-order valence-corrected chi connectivity index (χ0v) is 11.4. The van der Waals surface area contributed by atoms with Crippen LogP contribution in [0.1, 0.15) is 12.8 Å². The predicted octanol–water partition coefficient (Wildman–Crippen LogP) is 0.595. The van der Waals surface area contributed by atoms with Gasteiger partial charge >= 0.3 is 5.97 Å². The van der Waals surface area contributed by atoms with E-state index in [-0.39, 0.29) is 10.6 Å². The topological polar surface area (TPSA) is 89.7 Å². The van der Waals surface area contributed by atoms with Gasteiger partial charge in [-0.05, 0) is 25.0 Å². The highest BCUT2D eigenvalue weighted by Crippen LogP contribution is 2.29. The number of nitrogen functional groups attached to an aromatic ring is 1. The Morgan fingerprint density at radius 1 is 1.42 bits per heavy atom. The Labute approximate surface area is 112 Å². The molecule has 1 heterocycles. The van der Waals surface area contributed by atoms with Gasteiger partial charge in [0, 0.05) is 6.54 Å². The van der Waals surface area contributed by atoms with E-state index in [2.05, 4.69) is 4.74 Å². The molecule has 0 aromatic heterocycles. The Hall–Kier alpha value is -1.60. The summed E-state index contributed by atoms with van der Waals surface area (Å²) in [6, 6.07) is 5.48. The van der Waals surface area contributed by atoms with E-state index in [4.69, 9.17) is 5.73 Å². The number of hydrogen-bond donors (Lipinski definition) is 1. The standard InChI is InChI=1S/C12H16N2O4S/c1-18-12(15)10-6-4-8-14(10)19(16,17)11-7-3-2-5-9(11)13/h2-3,5,7,10H,4,6,8,13H2,1H3/t10-/m1/s1. The molecule has 7 heteroatoms. The first-order valence-corrected chi connectivity index (χ1v) is 7.36. The molecule has 0 bridgehead atoms. The van der Waals surface area contributed by atoms with E-state index >= 15 is 0 Å². The van der Waals surface area contributed by atoms with Crippen molar-refractivity contribution in [2.75, 3.05) is 19.4 Å². The van der Waals surface area contributed by atoms with Crippen LogP contribution in [0.3, 0.4) is 0 Å². The second-order valence-electron chi connectivity index (χ2n) is 4.33. The Balaban J connectivity index is 2.40. The molecular formula is C12H16N2O4S. The van der Waals surface area contributed by atoms with Crippen molar-refractivity contribution in [1.29, 1.82) is 0 Å². The fraction of sp³-hybridized carbons (Fsp3) is 0.417. The average molecular weight is 284 g/mol. The molecule has 0 spiro atoms. The first kappa shape index (κ1) is 13.8. The molecule has 104 valence electrons. The third kappa shape index (κ3) is 2.43. The number of nitrogens with zero attached hydrogens (tertiary/aromatic N) is 1. The zero-order chi connectivity index (χ0) is 14.0. The van der Waals surface area contributed by atoms with Crippen molar-refractivity contribution < 1.29 is 17.9 Å². The van der Waals surface area contributed by atoms with Gasteiger partial charge in [-0.1, -0.05) is 12.1 Å². The van der Waals surface area contributed by atoms with Gasteiger partial charge in [-0.15, -0.1) is 0 Å². The van der Waals surface area contributed by atoms with Crippen LogP contribution < -0.4 is 5.73 Å². The molecule has 1 aromatic carbocycles. The van der Waals surface area contributed by atoms with E-state index in [9.17, 15) is 13.2 Å². The van der Waals surface area contributed by atoms with Gasteiger partial charge in [0.2, 0.25) is 10.0 Å². The Morgan fingerprint density at radius 2 is 2.11 bits per heavy atom. The maximum Gasteiger partial charge on any atom is 0.324 e. The summed E-state index contributed by atoms with van der Waals surface area (Å²) in [6.45, 7) is 0.302. The second-order valence-corrected chi connectivity index (χ2v) is 6.19. The lowest BCUT2D eigenvalue weighted by Gasteiger charge is -2.22. The van der Waals surface area contributed by atoms with Crippen LogP contribution in [-0.2, 0) is 19.6 Å². The number of anilines is 1. The Kier molecular flexibility index (Phi) is 3.77. The molecule has 1 saturated heterocycles. The van der Waals surface area contributed by atoms with Crippen LogP contribution in [0, 0.1) is 0 Å². The minimum Gasteiger partial charge on any atom is -0.468 e. The van der Waals surface area contributed by atoms with Crippen molar-refractivity contribution in [3.05, 3.63) is 24.3 Å². The summed E-state index contributed by atoms with van der Waals surface area (Å²) >= 11 is 0. The number of sulfonamides is 1. The molecule has 19 heavy (non-hydrogen) atoms. The maximum atomic E-state index is 12.5. The van der Waals surface area contributed by atoms with Crippen LogP contribution in [0.15, 0.2) is 29.2 Å². The minimum atomic E-state index is -3.77. The van der Waals surface area contributed by atoms with E-state index in [1.807, 2.05) is 0 Å². The molecule has 1 aromatic rings. The molecule has 0 aliphatic carbocycles. The van der Waals surface area contributed by atoms with Crippen LogP contribution in [-0.4, -0.2) is 38.4 Å². The molecule has 0 amide bonds. The number of carbonyl (C=O) groups is 1. The monoisotopic (exact) mass is 284 g/mol. The van der Waals surface area contributed by atoms with Gasteiger partial charge in [-0.2, -0.15) is 4.31 Å². The van der Waals surface area contributed by atoms with Crippen molar-refractivity contribution in [1.82, 2.24) is 4.31 Å². The molecule has 1 fully saturated rings. The first-order valence-electron chi connectivity index (χ1n) is 5.92. The normalized spacial score (nSPS) is 20.4. The summed E-state index contributed by atoms with van der Waals surface area (Å²) in [4.78, 5) is 11.7. The van der Waals surface area contributed by atoms with Gasteiger partial charge in [-0.3, -0.25) is 4.79 Å². The highest BCUT2D eigenvalue weighted by molar-refractivity contribution is 7.89. The summed E-state index contributed by atoms with van der Waals surface area (Å²) in [6.07, 6.45) is 1.10. The smallest absolute Gasteiger partial charge is 0.324 e. The number of esters is 1. The molecular weight excluding hydrogens is 268 g/mol. The van der Waals surface area contributed by atoms with E-state index < -0.39 is 22.0 Å². The van der Waals surface area contributed by atoms with Gasteiger partial charge < -0.3 is 10.5 Å². The molecule has 0 radical (unpaired) electrons. The van der Waals surface area contributed by atoms with Crippen molar-refractivity contribution in [3.63, 3.8) is 0 Å². The first-order chi connectivity index (χ1) is 8.98. The number of methoxy groups -OCH3 is 1. The largest absolute Gasteiger partial charge is 0.468 e. The van der Waals surface area contributed by atoms with Crippen LogP contribution in [0.25, 0.3) is 0 Å². The lowest BCUT2D eigenvalue weighted by molar-refractivity contribution is -0.144. The SMILES string of the molecule is COC(=O)[C@H]1CCCN1S(=O)(=O)c1ccccc1N. The molecule has 2 N–H and O–H groups in total. The Morgan fingerprint density at radius 3 is 2.74 bits per heavy atom. The molecule has 1 aliphatic rings. The zero-order valence-electron chi connectivity index (χ0n) is 10.6. The highest BCUT2D eigenvalue weighted by Gasteiger charge is 2.40. The van der Waals surface area contributed by atoms with Gasteiger partial charge in [0.25, 0.3) is 0 Å². The molecule has 2 rings (SSSR count). The van der Waals surface area contributed by atoms with Gasteiger partial charge in [0.15, 0.2) is 0 Å². The summed E-state index contributed by atoms with van der Waals surface area (Å²) in [7, 11) is -2.51. The minimum absolute atomic E-state index is 0.0332. The predicted molar refractivity (Wildman–Crippen MR) is 69.8 cm³/mol. The van der Waals surface area contributed by atoms with Crippen molar-refractivity contribution in [3.8, 4) is 0 Å². The van der Waals surface area contributed by atoms with E-state index in [1.165, 1.54) is 23.5 Å². The number of benzene rings is 1. The van der Waals surface area contributed by atoms with E-state index in [0.717, 1.165) is 0 Å². The summed E-state index contributed by atoms with van der Waals surface area (Å²) in [5, 5.41) is 0. The van der Waals surface area contributed by atoms with Crippen molar-refractivity contribution in [2.45, 2.75) is 23.8 Å². The number of para-hydroxylation sites is 1. The molecule has 0 unspecified atom stereocenters. The quantitative estimate of drug-likeness (QED) is 0.648. The van der Waals surface area contributed by atoms with E-state index in [0.29, 0.717) is 19.4 Å². The van der Waals surface area contributed by atoms with Gasteiger partial charge in [0.1, 0.15) is 10.9 Å². The molecule has 1 aliphatic heterocycles. The van der Waals surface area contributed by atoms with Crippen LogP contribution in [0.4, 0.5) is 5.69 Å². The summed E-state index contributed by atoms with van der Waals surface area (Å²) < 4.78 is 30.9. The molecule has 1 atom stereocenters. The average Bonchev–Trinajstić information content (AvgIpc) is 2.88. The van der Waals surface area contributed by atoms with Crippen LogP contribution in [0.5, 0.6) is 0 Å². The van der Waals surface area contributed by atoms with Crippen molar-refractivity contribution >= 4 is 21.7 Å². The van der Waals surface area contributed by atoms with Crippen molar-refractivity contribution in [2.24, 2.45) is 0 Å². The number of nitrogens with two attached hydrogens (primary N) is 1. The third-order valence-corrected chi connectivity index (χ3v) is 5.16. The maximum absolute atomic E-state index is 12.5. The van der Waals surface area contributed by atoms with Crippen LogP contribution in [0.2, 0.25) is 0 Å². The fourth-order valence-electron chi connectivity index (χ4n) is 2.24. The lowest BCUT2D eigenvalue weighted by atomic mass is 10.2. The lowest BCUT2D eigenvalue weighted by Crippen LogP contribution is -2.41.